The highest BCUT2D eigenvalue weighted by atomic mass is 16.5. The fourth-order valence-electron chi connectivity index (χ4n) is 3.58. The monoisotopic (exact) mass is 427 g/mol. The van der Waals surface area contributed by atoms with Gasteiger partial charge in [-0.3, -0.25) is 0 Å². The molecule has 0 heterocycles. The SMILES string of the molecule is Cc1cc(N(c2cccc(Oc3c(C)cccc3O)c2)c2ccc(O)c(C)c2)ccc1O. The fourth-order valence-corrected chi connectivity index (χ4v) is 3.58. The molecule has 0 saturated heterocycles. The van der Waals surface area contributed by atoms with E-state index < -0.39 is 0 Å². The lowest BCUT2D eigenvalue weighted by atomic mass is 10.1. The zero-order valence-corrected chi connectivity index (χ0v) is 18.2. The number of phenols is 3. The summed E-state index contributed by atoms with van der Waals surface area (Å²) in [5.41, 5.74) is 4.85. The Hall–Kier alpha value is -4.12. The van der Waals surface area contributed by atoms with E-state index in [1.165, 1.54) is 0 Å². The van der Waals surface area contributed by atoms with Crippen LogP contribution in [0.15, 0.2) is 78.9 Å². The maximum Gasteiger partial charge on any atom is 0.171 e. The molecule has 4 rings (SSSR count). The number of nitrogens with zero attached hydrogens (tertiary/aromatic N) is 1. The van der Waals surface area contributed by atoms with Gasteiger partial charge in [-0.05, 0) is 92.1 Å². The largest absolute Gasteiger partial charge is 0.508 e. The minimum Gasteiger partial charge on any atom is -0.508 e. The van der Waals surface area contributed by atoms with Crippen molar-refractivity contribution >= 4 is 17.1 Å². The summed E-state index contributed by atoms with van der Waals surface area (Å²) in [5.74, 6) is 1.52. The van der Waals surface area contributed by atoms with Crippen molar-refractivity contribution in [1.29, 1.82) is 0 Å². The van der Waals surface area contributed by atoms with Crippen molar-refractivity contribution in [1.82, 2.24) is 0 Å². The molecule has 5 heteroatoms. The van der Waals surface area contributed by atoms with E-state index in [-0.39, 0.29) is 17.2 Å². The van der Waals surface area contributed by atoms with E-state index in [0.29, 0.717) is 11.5 Å². The Bertz CT molecular complexity index is 1210. The number of hydrogen-bond acceptors (Lipinski definition) is 5. The highest BCUT2D eigenvalue weighted by molar-refractivity contribution is 5.78. The van der Waals surface area contributed by atoms with Crippen LogP contribution >= 0.6 is 0 Å². The van der Waals surface area contributed by atoms with E-state index in [4.69, 9.17) is 4.74 Å². The van der Waals surface area contributed by atoms with Crippen LogP contribution in [-0.2, 0) is 0 Å². The summed E-state index contributed by atoms with van der Waals surface area (Å²) < 4.78 is 6.03. The number of rotatable bonds is 5. The molecule has 0 radical (unpaired) electrons. The first-order chi connectivity index (χ1) is 15.3. The Balaban J connectivity index is 1.81. The number of benzene rings is 4. The molecule has 32 heavy (non-hydrogen) atoms. The normalized spacial score (nSPS) is 10.7. The lowest BCUT2D eigenvalue weighted by Crippen LogP contribution is -2.10. The summed E-state index contributed by atoms with van der Waals surface area (Å²) in [5, 5.41) is 30.2. The highest BCUT2D eigenvalue weighted by Gasteiger charge is 2.16. The van der Waals surface area contributed by atoms with Crippen LogP contribution in [0.25, 0.3) is 0 Å². The van der Waals surface area contributed by atoms with Crippen molar-refractivity contribution < 1.29 is 20.1 Å². The molecular weight excluding hydrogens is 402 g/mol. The van der Waals surface area contributed by atoms with Gasteiger partial charge in [0.25, 0.3) is 0 Å². The molecule has 0 spiro atoms. The molecule has 0 aliphatic heterocycles. The second-order valence-corrected chi connectivity index (χ2v) is 7.80. The maximum atomic E-state index is 10.2. The average molecular weight is 428 g/mol. The second-order valence-electron chi connectivity index (χ2n) is 7.80. The highest BCUT2D eigenvalue weighted by Crippen LogP contribution is 2.40. The van der Waals surface area contributed by atoms with Crippen LogP contribution in [0.2, 0.25) is 0 Å². The molecule has 0 unspecified atom stereocenters. The second kappa shape index (κ2) is 8.55. The smallest absolute Gasteiger partial charge is 0.171 e. The average Bonchev–Trinajstić information content (AvgIpc) is 2.76. The lowest BCUT2D eigenvalue weighted by Gasteiger charge is -2.27. The number of anilines is 3. The molecule has 5 nitrogen and oxygen atoms in total. The van der Waals surface area contributed by atoms with Gasteiger partial charge in [-0.15, -0.1) is 0 Å². The van der Waals surface area contributed by atoms with Crippen LogP contribution < -0.4 is 9.64 Å². The summed E-state index contributed by atoms with van der Waals surface area (Å²) in [4.78, 5) is 2.02. The summed E-state index contributed by atoms with van der Waals surface area (Å²) >= 11 is 0. The van der Waals surface area contributed by atoms with Crippen molar-refractivity contribution in [3.05, 3.63) is 95.6 Å². The minimum atomic E-state index is 0.0792. The number of aryl methyl sites for hydroxylation is 3. The van der Waals surface area contributed by atoms with Gasteiger partial charge in [0.2, 0.25) is 0 Å². The van der Waals surface area contributed by atoms with Gasteiger partial charge in [-0.25, -0.2) is 0 Å². The van der Waals surface area contributed by atoms with Crippen LogP contribution in [0, 0.1) is 20.8 Å². The Kier molecular flexibility index (Phi) is 5.65. The van der Waals surface area contributed by atoms with Crippen molar-refractivity contribution in [2.75, 3.05) is 4.90 Å². The van der Waals surface area contributed by atoms with E-state index >= 15 is 0 Å². The molecule has 0 aliphatic rings. The lowest BCUT2D eigenvalue weighted by molar-refractivity contribution is 0.409. The van der Waals surface area contributed by atoms with E-state index in [1.807, 2.05) is 80.3 Å². The van der Waals surface area contributed by atoms with Crippen LogP contribution in [0.5, 0.6) is 28.7 Å². The zero-order chi connectivity index (χ0) is 22.8. The van der Waals surface area contributed by atoms with E-state index in [9.17, 15) is 15.3 Å². The van der Waals surface area contributed by atoms with E-state index in [1.54, 1.807) is 24.3 Å². The van der Waals surface area contributed by atoms with Gasteiger partial charge in [0.05, 0.1) is 0 Å². The predicted molar refractivity (Wildman–Crippen MR) is 127 cm³/mol. The van der Waals surface area contributed by atoms with Gasteiger partial charge < -0.3 is 25.0 Å². The van der Waals surface area contributed by atoms with Crippen molar-refractivity contribution in [2.45, 2.75) is 20.8 Å². The standard InChI is InChI=1S/C27H25NO4/c1-17-6-4-9-26(31)27(17)32-23-8-5-7-20(16-23)28(21-10-12-24(29)18(2)14-21)22-11-13-25(30)19(3)15-22/h4-16,29-31H,1-3H3. The molecule has 4 aromatic carbocycles. The van der Waals surface area contributed by atoms with Crippen LogP contribution in [0.3, 0.4) is 0 Å². The quantitative estimate of drug-likeness (QED) is 0.320. The molecule has 0 atom stereocenters. The van der Waals surface area contributed by atoms with Gasteiger partial charge in [-0.1, -0.05) is 18.2 Å². The van der Waals surface area contributed by atoms with E-state index in [0.717, 1.165) is 33.8 Å². The van der Waals surface area contributed by atoms with Gasteiger partial charge >= 0.3 is 0 Å². The van der Waals surface area contributed by atoms with Gasteiger partial charge in [-0.2, -0.15) is 0 Å². The van der Waals surface area contributed by atoms with Crippen LogP contribution in [0.4, 0.5) is 17.1 Å². The van der Waals surface area contributed by atoms with Crippen LogP contribution in [-0.4, -0.2) is 15.3 Å². The molecule has 162 valence electrons. The fraction of sp³-hybridized carbons (Fsp3) is 0.111. The third kappa shape index (κ3) is 4.18. The summed E-state index contributed by atoms with van der Waals surface area (Å²) in [6.45, 7) is 5.57. The molecule has 0 fully saturated rings. The van der Waals surface area contributed by atoms with Gasteiger partial charge in [0.1, 0.15) is 17.2 Å². The molecular formula is C27H25NO4. The molecule has 0 bridgehead atoms. The molecule has 0 saturated carbocycles. The first-order valence-electron chi connectivity index (χ1n) is 10.3. The minimum absolute atomic E-state index is 0.0792. The third-order valence-corrected chi connectivity index (χ3v) is 5.36. The van der Waals surface area contributed by atoms with Crippen molar-refractivity contribution in [3.8, 4) is 28.7 Å². The Morgan fingerprint density at radius 2 is 1.12 bits per heavy atom. The summed E-state index contributed by atoms with van der Waals surface area (Å²) in [6, 6.07) is 23.6. The maximum absolute atomic E-state index is 10.2. The molecule has 0 aromatic heterocycles. The van der Waals surface area contributed by atoms with Gasteiger partial charge in [0, 0.05) is 23.1 Å². The van der Waals surface area contributed by atoms with E-state index in [2.05, 4.69) is 0 Å². The molecule has 3 N–H and O–H groups in total. The number of ether oxygens (including phenoxy) is 1. The first kappa shape index (κ1) is 21.1. The molecule has 0 amide bonds. The van der Waals surface area contributed by atoms with Crippen molar-refractivity contribution in [3.63, 3.8) is 0 Å². The third-order valence-electron chi connectivity index (χ3n) is 5.36. The topological polar surface area (TPSA) is 73.2 Å². The van der Waals surface area contributed by atoms with Crippen molar-refractivity contribution in [2.24, 2.45) is 0 Å². The van der Waals surface area contributed by atoms with Gasteiger partial charge in [0.15, 0.2) is 11.5 Å². The number of hydrogen-bond donors (Lipinski definition) is 3. The predicted octanol–water partition coefficient (Wildman–Crippen LogP) is 6.99. The number of aromatic hydroxyl groups is 3. The number of para-hydroxylation sites is 1. The first-order valence-corrected chi connectivity index (χ1v) is 10.3. The summed E-state index contributed by atoms with van der Waals surface area (Å²) in [6.07, 6.45) is 0. The molecule has 0 aliphatic carbocycles. The Morgan fingerprint density at radius 1 is 0.562 bits per heavy atom. The number of phenolic OH excluding ortho intramolecular Hbond substituents is 3. The molecule has 4 aromatic rings. The summed E-state index contributed by atoms with van der Waals surface area (Å²) in [7, 11) is 0. The Labute approximate surface area is 187 Å². The van der Waals surface area contributed by atoms with Crippen LogP contribution in [0.1, 0.15) is 16.7 Å². The zero-order valence-electron chi connectivity index (χ0n) is 18.2. The Morgan fingerprint density at radius 3 is 1.69 bits per heavy atom.